The molecule has 0 bridgehead atoms. The summed E-state index contributed by atoms with van der Waals surface area (Å²) < 4.78 is 49.1. The number of rotatable bonds is 9. The molecule has 0 aliphatic carbocycles. The van der Waals surface area contributed by atoms with E-state index < -0.39 is 43.3 Å². The van der Waals surface area contributed by atoms with Gasteiger partial charge in [-0.3, -0.25) is 28.0 Å². The Labute approximate surface area is 271 Å². The molecule has 0 saturated carbocycles. The lowest BCUT2D eigenvalue weighted by atomic mass is 10.1. The van der Waals surface area contributed by atoms with Gasteiger partial charge in [-0.05, 0) is 53.7 Å². The Morgan fingerprint density at radius 3 is 2.13 bits per heavy atom. The SMILES string of the molecule is CC(C)(C)OP(=O)(OCn1cc(C(=O)C(=O)N2CCN(C(=O)c3ccccc3)CC2)c2c(F)cnc(-n3ccnn3)c21)OC(C)(C)C. The number of hydrogen-bond acceptors (Lipinski definition) is 10. The summed E-state index contributed by atoms with van der Waals surface area (Å²) in [7, 11) is -4.25. The number of nitrogens with zero attached hydrogens (tertiary/aromatic N) is 7. The second-order valence-electron chi connectivity index (χ2n) is 12.9. The molecular formula is C31H37FN7O7P. The smallest absolute Gasteiger partial charge is 0.335 e. The minimum absolute atomic E-state index is 0.0306. The van der Waals surface area contributed by atoms with Crippen LogP contribution in [-0.2, 0) is 29.7 Å². The highest BCUT2D eigenvalue weighted by atomic mass is 31.2. The molecule has 0 atom stereocenters. The van der Waals surface area contributed by atoms with E-state index in [0.29, 0.717) is 5.56 Å². The number of Topliss-reactive ketones (excluding diaryl/α,β-unsaturated/α-hetero) is 1. The second-order valence-corrected chi connectivity index (χ2v) is 14.4. The molecule has 0 N–H and O–H groups in total. The molecule has 4 aromatic rings. The molecule has 0 radical (unpaired) electrons. The summed E-state index contributed by atoms with van der Waals surface area (Å²) in [6.45, 7) is 10.2. The number of carbonyl (C=O) groups is 3. The first-order valence-electron chi connectivity index (χ1n) is 14.9. The zero-order valence-electron chi connectivity index (χ0n) is 27.0. The molecule has 250 valence electrons. The fourth-order valence-electron chi connectivity index (χ4n) is 5.05. The molecule has 1 aliphatic heterocycles. The van der Waals surface area contributed by atoms with Crippen LogP contribution in [0.1, 0.15) is 62.3 Å². The van der Waals surface area contributed by atoms with Gasteiger partial charge in [0, 0.05) is 37.9 Å². The summed E-state index contributed by atoms with van der Waals surface area (Å²) in [4.78, 5) is 47.3. The first kappa shape index (κ1) is 34.0. The summed E-state index contributed by atoms with van der Waals surface area (Å²) in [5.41, 5.74) is -1.56. The fourth-order valence-corrected chi connectivity index (χ4v) is 6.80. The lowest BCUT2D eigenvalue weighted by Crippen LogP contribution is -2.52. The van der Waals surface area contributed by atoms with Gasteiger partial charge < -0.3 is 14.4 Å². The average molecular weight is 670 g/mol. The van der Waals surface area contributed by atoms with Crippen LogP contribution in [-0.4, -0.2) is 89.3 Å². The Bertz CT molecular complexity index is 1800. The van der Waals surface area contributed by atoms with E-state index >= 15 is 4.39 Å². The average Bonchev–Trinajstić information content (AvgIpc) is 3.67. The lowest BCUT2D eigenvalue weighted by molar-refractivity contribution is -0.127. The number of amides is 2. The van der Waals surface area contributed by atoms with Gasteiger partial charge in [0.1, 0.15) is 6.73 Å². The first-order valence-corrected chi connectivity index (χ1v) is 16.4. The lowest BCUT2D eigenvalue weighted by Gasteiger charge is -2.34. The minimum atomic E-state index is -4.25. The largest absolute Gasteiger partial charge is 0.477 e. The van der Waals surface area contributed by atoms with Crippen LogP contribution in [0.4, 0.5) is 4.39 Å². The van der Waals surface area contributed by atoms with E-state index in [1.54, 1.807) is 70.7 Å². The van der Waals surface area contributed by atoms with Crippen LogP contribution in [0, 0.1) is 5.82 Å². The van der Waals surface area contributed by atoms with Crippen molar-refractivity contribution in [3.05, 3.63) is 72.1 Å². The van der Waals surface area contributed by atoms with Crippen molar-refractivity contribution in [3.8, 4) is 5.82 Å². The van der Waals surface area contributed by atoms with Crippen molar-refractivity contribution in [2.45, 2.75) is 59.5 Å². The molecule has 4 heterocycles. The maximum atomic E-state index is 15.6. The monoisotopic (exact) mass is 669 g/mol. The first-order chi connectivity index (χ1) is 22.1. The Morgan fingerprint density at radius 1 is 0.936 bits per heavy atom. The van der Waals surface area contributed by atoms with E-state index in [9.17, 15) is 18.9 Å². The van der Waals surface area contributed by atoms with Crippen molar-refractivity contribution >= 4 is 36.3 Å². The Balaban J connectivity index is 1.46. The fraction of sp³-hybridized carbons (Fsp3) is 0.419. The van der Waals surface area contributed by atoms with Crippen molar-refractivity contribution in [1.82, 2.24) is 34.3 Å². The highest BCUT2D eigenvalue weighted by Gasteiger charge is 2.38. The number of pyridine rings is 1. The van der Waals surface area contributed by atoms with Crippen molar-refractivity contribution in [2.24, 2.45) is 0 Å². The van der Waals surface area contributed by atoms with Crippen LogP contribution in [0.3, 0.4) is 0 Å². The van der Waals surface area contributed by atoms with Crippen LogP contribution >= 0.6 is 7.82 Å². The number of phosphoric acid groups is 1. The van der Waals surface area contributed by atoms with Gasteiger partial charge in [0.15, 0.2) is 11.6 Å². The highest BCUT2D eigenvalue weighted by molar-refractivity contribution is 7.48. The molecule has 47 heavy (non-hydrogen) atoms. The molecule has 16 heteroatoms. The standard InChI is InChI=1S/C31H37FN7O7P/c1-30(2,3)45-47(43,46-31(4,5)6)44-20-38-19-22(24-23(32)18-33-27(25(24)38)39-13-12-34-35-39)26(40)29(42)37-16-14-36(15-17-37)28(41)21-10-8-7-9-11-21/h7-13,18-19H,14-17,20H2,1-6H3. The third-order valence-electron chi connectivity index (χ3n) is 6.91. The van der Waals surface area contributed by atoms with Gasteiger partial charge in [-0.1, -0.05) is 23.4 Å². The number of ketones is 1. The molecule has 1 aliphatic rings. The van der Waals surface area contributed by atoms with E-state index in [2.05, 4.69) is 15.3 Å². The highest BCUT2D eigenvalue weighted by Crippen LogP contribution is 2.55. The van der Waals surface area contributed by atoms with Gasteiger partial charge in [0.25, 0.3) is 17.6 Å². The number of piperazine rings is 1. The summed E-state index contributed by atoms with van der Waals surface area (Å²) in [6.07, 6.45) is 5.01. The third kappa shape index (κ3) is 7.82. The van der Waals surface area contributed by atoms with Gasteiger partial charge in [0.2, 0.25) is 0 Å². The molecule has 2 amide bonds. The predicted molar refractivity (Wildman–Crippen MR) is 168 cm³/mol. The van der Waals surface area contributed by atoms with Crippen LogP contribution in [0.25, 0.3) is 16.7 Å². The zero-order chi connectivity index (χ0) is 34.1. The van der Waals surface area contributed by atoms with Gasteiger partial charge in [-0.2, -0.15) is 0 Å². The number of fused-ring (bicyclic) bond motifs is 1. The molecule has 0 unspecified atom stereocenters. The topological polar surface area (TPSA) is 151 Å². The Hall–Kier alpha value is -4.30. The minimum Gasteiger partial charge on any atom is -0.335 e. The quantitative estimate of drug-likeness (QED) is 0.140. The van der Waals surface area contributed by atoms with Gasteiger partial charge in [-0.25, -0.2) is 18.6 Å². The summed E-state index contributed by atoms with van der Waals surface area (Å²) in [6, 6.07) is 8.77. The molecule has 3 aromatic heterocycles. The van der Waals surface area contributed by atoms with E-state index in [4.69, 9.17) is 13.6 Å². The number of benzene rings is 1. The number of phosphoric ester groups is 1. The van der Waals surface area contributed by atoms with Crippen molar-refractivity contribution in [3.63, 3.8) is 0 Å². The van der Waals surface area contributed by atoms with E-state index in [1.165, 1.54) is 32.7 Å². The number of aromatic nitrogens is 5. The van der Waals surface area contributed by atoms with Gasteiger partial charge in [0.05, 0.1) is 46.3 Å². The molecular weight excluding hydrogens is 632 g/mol. The second kappa shape index (κ2) is 13.1. The summed E-state index contributed by atoms with van der Waals surface area (Å²) >= 11 is 0. The summed E-state index contributed by atoms with van der Waals surface area (Å²) in [5, 5.41) is 7.53. The Kier molecular flexibility index (Phi) is 9.47. The summed E-state index contributed by atoms with van der Waals surface area (Å²) in [5.74, 6) is -2.83. The number of carbonyl (C=O) groups excluding carboxylic acids is 3. The van der Waals surface area contributed by atoms with Crippen molar-refractivity contribution in [2.75, 3.05) is 26.2 Å². The van der Waals surface area contributed by atoms with Crippen LogP contribution < -0.4 is 0 Å². The molecule has 1 aromatic carbocycles. The predicted octanol–water partition coefficient (Wildman–Crippen LogP) is 4.64. The normalized spacial score (nSPS) is 14.5. The van der Waals surface area contributed by atoms with Crippen LogP contribution in [0.5, 0.6) is 0 Å². The van der Waals surface area contributed by atoms with E-state index in [1.807, 2.05) is 6.07 Å². The van der Waals surface area contributed by atoms with Crippen LogP contribution in [0.15, 0.2) is 55.1 Å². The molecule has 0 spiro atoms. The van der Waals surface area contributed by atoms with E-state index in [-0.39, 0.29) is 54.4 Å². The van der Waals surface area contributed by atoms with Crippen molar-refractivity contribution in [1.29, 1.82) is 0 Å². The number of hydrogen-bond donors (Lipinski definition) is 0. The van der Waals surface area contributed by atoms with Gasteiger partial charge in [-0.15, -0.1) is 5.10 Å². The Morgan fingerprint density at radius 2 is 1.55 bits per heavy atom. The third-order valence-corrected chi connectivity index (χ3v) is 8.88. The number of halogens is 1. The maximum Gasteiger partial charge on any atom is 0.477 e. The molecule has 1 saturated heterocycles. The van der Waals surface area contributed by atoms with Gasteiger partial charge >= 0.3 is 7.82 Å². The van der Waals surface area contributed by atoms with E-state index in [0.717, 1.165) is 6.20 Å². The molecule has 1 fully saturated rings. The van der Waals surface area contributed by atoms with Crippen molar-refractivity contribution < 1.29 is 36.9 Å². The maximum absolute atomic E-state index is 15.6. The molecule has 5 rings (SSSR count). The zero-order valence-corrected chi connectivity index (χ0v) is 27.9. The van der Waals surface area contributed by atoms with Crippen LogP contribution in [0.2, 0.25) is 0 Å². The molecule has 14 nitrogen and oxygen atoms in total.